The van der Waals surface area contributed by atoms with Crippen LogP contribution in [-0.2, 0) is 10.1 Å². The van der Waals surface area contributed by atoms with E-state index in [4.69, 9.17) is 25.3 Å². The maximum absolute atomic E-state index is 12.5. The van der Waals surface area contributed by atoms with Crippen molar-refractivity contribution < 1.29 is 17.3 Å². The first kappa shape index (κ1) is 20.7. The molecule has 0 aliphatic heterocycles. The predicted molar refractivity (Wildman–Crippen MR) is 104 cm³/mol. The van der Waals surface area contributed by atoms with Crippen molar-refractivity contribution >= 4 is 22.8 Å². The van der Waals surface area contributed by atoms with Crippen molar-refractivity contribution in [2.24, 2.45) is 10.8 Å². The molecule has 0 bridgehead atoms. The number of benzene rings is 2. The van der Waals surface area contributed by atoms with E-state index in [9.17, 15) is 8.42 Å². The third kappa shape index (κ3) is 5.46. The molecule has 0 heterocycles. The maximum atomic E-state index is 12.5. The van der Waals surface area contributed by atoms with Gasteiger partial charge in [0.1, 0.15) is 23.0 Å². The second-order valence-corrected chi connectivity index (χ2v) is 7.20. The molecule has 2 rings (SSSR count). The molecule has 0 spiro atoms. The van der Waals surface area contributed by atoms with Crippen LogP contribution >= 0.6 is 0 Å². The van der Waals surface area contributed by atoms with Crippen molar-refractivity contribution in [2.45, 2.75) is 11.8 Å². The molecule has 3 N–H and O–H groups in total. The van der Waals surface area contributed by atoms with Gasteiger partial charge in [0.05, 0.1) is 18.2 Å². The molecular formula is C18H19N5O4S. The lowest BCUT2D eigenvalue weighted by Gasteiger charge is -2.16. The highest BCUT2D eigenvalue weighted by molar-refractivity contribution is 7.87. The number of nitrogens with two attached hydrogens (primary N) is 1. The van der Waals surface area contributed by atoms with Gasteiger partial charge in [0.15, 0.2) is 0 Å². The van der Waals surface area contributed by atoms with Crippen molar-refractivity contribution in [3.63, 3.8) is 0 Å². The monoisotopic (exact) mass is 401 g/mol. The Morgan fingerprint density at radius 3 is 2.68 bits per heavy atom. The number of nitriles is 1. The summed E-state index contributed by atoms with van der Waals surface area (Å²) in [5.41, 5.74) is 6.27. The van der Waals surface area contributed by atoms with Gasteiger partial charge in [0.25, 0.3) is 0 Å². The SMILES string of the molecule is C=NN(CCOc1cc(C)cc(OS(=O)(=O)c2cccc(C#N)c2)c1)C(=N)N. The molecule has 146 valence electrons. The number of aryl methyl sites for hydroxylation is 1. The molecule has 0 fully saturated rings. The fraction of sp³-hybridized carbons (Fsp3) is 0.167. The summed E-state index contributed by atoms with van der Waals surface area (Å²) in [4.78, 5) is -0.121. The minimum Gasteiger partial charge on any atom is -0.492 e. The molecule has 10 heteroatoms. The smallest absolute Gasteiger partial charge is 0.339 e. The van der Waals surface area contributed by atoms with Gasteiger partial charge in [-0.25, -0.2) is 5.01 Å². The van der Waals surface area contributed by atoms with Gasteiger partial charge in [-0.3, -0.25) is 5.41 Å². The molecule has 0 saturated heterocycles. The molecule has 0 amide bonds. The first-order valence-electron chi connectivity index (χ1n) is 8.02. The number of nitrogens with zero attached hydrogens (tertiary/aromatic N) is 3. The number of hydrogen-bond donors (Lipinski definition) is 2. The van der Waals surface area contributed by atoms with E-state index < -0.39 is 10.1 Å². The van der Waals surface area contributed by atoms with Gasteiger partial charge in [-0.15, -0.1) is 0 Å². The van der Waals surface area contributed by atoms with Crippen LogP contribution in [-0.4, -0.2) is 39.3 Å². The highest BCUT2D eigenvalue weighted by Gasteiger charge is 2.18. The zero-order chi connectivity index (χ0) is 20.7. The van der Waals surface area contributed by atoms with Crippen LogP contribution in [0.5, 0.6) is 11.5 Å². The van der Waals surface area contributed by atoms with Crippen LogP contribution in [0.25, 0.3) is 0 Å². The van der Waals surface area contributed by atoms with Crippen LogP contribution in [0.1, 0.15) is 11.1 Å². The van der Waals surface area contributed by atoms with E-state index in [-0.39, 0.29) is 35.3 Å². The molecule has 28 heavy (non-hydrogen) atoms. The highest BCUT2D eigenvalue weighted by Crippen LogP contribution is 2.26. The molecule has 0 radical (unpaired) electrons. The summed E-state index contributed by atoms with van der Waals surface area (Å²) in [6.45, 7) is 5.40. The van der Waals surface area contributed by atoms with Gasteiger partial charge in [0.2, 0.25) is 5.96 Å². The molecule has 2 aromatic rings. The van der Waals surface area contributed by atoms with Gasteiger partial charge in [-0.1, -0.05) is 6.07 Å². The number of hydrogen-bond acceptors (Lipinski definition) is 7. The Morgan fingerprint density at radius 1 is 1.32 bits per heavy atom. The lowest BCUT2D eigenvalue weighted by Crippen LogP contribution is -2.34. The fourth-order valence-corrected chi connectivity index (χ4v) is 3.22. The molecule has 2 aromatic carbocycles. The van der Waals surface area contributed by atoms with E-state index in [0.29, 0.717) is 5.75 Å². The number of ether oxygens (including phenoxy) is 1. The summed E-state index contributed by atoms with van der Waals surface area (Å²) < 4.78 is 35.7. The molecule has 0 aliphatic rings. The van der Waals surface area contributed by atoms with Crippen molar-refractivity contribution in [3.05, 3.63) is 53.6 Å². The van der Waals surface area contributed by atoms with Crippen LogP contribution in [0.3, 0.4) is 0 Å². The van der Waals surface area contributed by atoms with Crippen molar-refractivity contribution in [1.82, 2.24) is 5.01 Å². The van der Waals surface area contributed by atoms with Gasteiger partial charge in [0, 0.05) is 12.8 Å². The van der Waals surface area contributed by atoms with E-state index in [0.717, 1.165) is 10.6 Å². The van der Waals surface area contributed by atoms with Crippen LogP contribution in [0.4, 0.5) is 0 Å². The van der Waals surface area contributed by atoms with E-state index in [1.54, 1.807) is 19.1 Å². The fourth-order valence-electron chi connectivity index (χ4n) is 2.26. The second kappa shape index (κ2) is 8.88. The Bertz CT molecular complexity index is 1030. The largest absolute Gasteiger partial charge is 0.492 e. The van der Waals surface area contributed by atoms with Crippen LogP contribution in [0, 0.1) is 23.7 Å². The number of nitrogens with one attached hydrogen (secondary N) is 1. The molecule has 0 aliphatic carbocycles. The van der Waals surface area contributed by atoms with Gasteiger partial charge < -0.3 is 14.7 Å². The predicted octanol–water partition coefficient (Wildman–Crippen LogP) is 1.82. The van der Waals surface area contributed by atoms with Gasteiger partial charge in [-0.05, 0) is 42.8 Å². The Morgan fingerprint density at radius 2 is 2.04 bits per heavy atom. The minimum atomic E-state index is -4.11. The van der Waals surface area contributed by atoms with Crippen molar-refractivity contribution in [3.8, 4) is 17.6 Å². The summed E-state index contributed by atoms with van der Waals surface area (Å²) in [6, 6.07) is 12.1. The van der Waals surface area contributed by atoms with E-state index in [1.165, 1.54) is 30.3 Å². The number of hydrazone groups is 1. The summed E-state index contributed by atoms with van der Waals surface area (Å²) in [6.07, 6.45) is 0. The van der Waals surface area contributed by atoms with Gasteiger partial charge >= 0.3 is 10.1 Å². The first-order chi connectivity index (χ1) is 13.2. The second-order valence-electron chi connectivity index (χ2n) is 5.66. The summed E-state index contributed by atoms with van der Waals surface area (Å²) in [5.74, 6) is 0.184. The van der Waals surface area contributed by atoms with Crippen LogP contribution in [0.15, 0.2) is 52.5 Å². The third-order valence-electron chi connectivity index (χ3n) is 3.50. The molecule has 9 nitrogen and oxygen atoms in total. The van der Waals surface area contributed by atoms with Crippen molar-refractivity contribution in [1.29, 1.82) is 10.7 Å². The Hall–Kier alpha value is -3.58. The van der Waals surface area contributed by atoms with E-state index in [2.05, 4.69) is 11.8 Å². The topological polar surface area (TPSA) is 142 Å². The molecule has 0 aromatic heterocycles. The number of rotatable bonds is 8. The summed E-state index contributed by atoms with van der Waals surface area (Å²) >= 11 is 0. The quantitative estimate of drug-likeness (QED) is 0.297. The zero-order valence-electron chi connectivity index (χ0n) is 15.1. The molecule has 0 saturated carbocycles. The average molecular weight is 401 g/mol. The minimum absolute atomic E-state index is 0.0719. The molecule has 0 atom stereocenters. The Labute approximate surface area is 163 Å². The standard InChI is InChI=1S/C18H19N5O4S/c1-13-8-15(26-7-6-23(22-2)18(20)21)11-16(9-13)27-28(24,25)17-5-3-4-14(10-17)12-19/h3-5,8-11H,2,6-7H2,1H3,(H3,20,21). The van der Waals surface area contributed by atoms with E-state index in [1.807, 2.05) is 6.07 Å². The number of guanidine groups is 1. The van der Waals surface area contributed by atoms with Crippen LogP contribution in [0.2, 0.25) is 0 Å². The normalized spacial score (nSPS) is 10.6. The summed E-state index contributed by atoms with van der Waals surface area (Å²) in [7, 11) is -4.11. The van der Waals surface area contributed by atoms with Crippen LogP contribution < -0.4 is 14.7 Å². The molecule has 0 unspecified atom stereocenters. The average Bonchev–Trinajstić information content (AvgIpc) is 2.64. The van der Waals surface area contributed by atoms with Crippen molar-refractivity contribution in [2.75, 3.05) is 13.2 Å². The zero-order valence-corrected chi connectivity index (χ0v) is 15.9. The van der Waals surface area contributed by atoms with Gasteiger partial charge in [-0.2, -0.15) is 18.8 Å². The third-order valence-corrected chi connectivity index (χ3v) is 4.75. The lowest BCUT2D eigenvalue weighted by molar-refractivity contribution is 0.271. The Kier molecular flexibility index (Phi) is 6.57. The van der Waals surface area contributed by atoms with E-state index >= 15 is 0 Å². The highest BCUT2D eigenvalue weighted by atomic mass is 32.2. The maximum Gasteiger partial charge on any atom is 0.339 e. The Balaban J connectivity index is 2.15. The first-order valence-corrected chi connectivity index (χ1v) is 9.43. The summed E-state index contributed by atoms with van der Waals surface area (Å²) in [5, 5.41) is 21.0. The lowest BCUT2D eigenvalue weighted by atomic mass is 10.2. The molecular weight excluding hydrogens is 382 g/mol.